The summed E-state index contributed by atoms with van der Waals surface area (Å²) in [5.41, 5.74) is 1.98. The molecule has 1 N–H and O–H groups in total. The Bertz CT molecular complexity index is 1180. The summed E-state index contributed by atoms with van der Waals surface area (Å²) in [7, 11) is -2.57. The largest absolute Gasteiger partial charge is 0.480 e. The monoisotopic (exact) mass is 442 g/mol. The van der Waals surface area contributed by atoms with Gasteiger partial charge in [0.1, 0.15) is 10.7 Å². The summed E-state index contributed by atoms with van der Waals surface area (Å²) in [5, 5.41) is 0. The number of benzene rings is 1. The molecule has 2 aromatic heterocycles. The van der Waals surface area contributed by atoms with Crippen molar-refractivity contribution in [3.05, 3.63) is 66.2 Å². The van der Waals surface area contributed by atoms with Gasteiger partial charge in [-0.3, -0.25) is 14.6 Å². The van der Waals surface area contributed by atoms with Crippen molar-refractivity contribution >= 4 is 15.7 Å². The lowest BCUT2D eigenvalue weighted by Crippen LogP contribution is -2.19. The van der Waals surface area contributed by atoms with Gasteiger partial charge in [-0.05, 0) is 56.3 Å². The minimum Gasteiger partial charge on any atom is -0.480 e. The van der Waals surface area contributed by atoms with Crippen molar-refractivity contribution in [2.24, 2.45) is 0 Å². The minimum absolute atomic E-state index is 0.0000539. The van der Waals surface area contributed by atoms with E-state index in [-0.39, 0.29) is 16.6 Å². The molecule has 1 fully saturated rings. The first kappa shape index (κ1) is 21.2. The van der Waals surface area contributed by atoms with Gasteiger partial charge in [0.15, 0.2) is 0 Å². The van der Waals surface area contributed by atoms with E-state index in [4.69, 9.17) is 4.74 Å². The maximum absolute atomic E-state index is 14.7. The van der Waals surface area contributed by atoms with Crippen molar-refractivity contribution in [2.75, 3.05) is 24.9 Å². The first-order valence-electron chi connectivity index (χ1n) is 9.95. The van der Waals surface area contributed by atoms with Gasteiger partial charge in [0.2, 0.25) is 5.88 Å². The van der Waals surface area contributed by atoms with Crippen molar-refractivity contribution in [1.82, 2.24) is 14.9 Å². The molecule has 0 amide bonds. The molecule has 3 aromatic rings. The summed E-state index contributed by atoms with van der Waals surface area (Å²) in [5.74, 6) is -0.294. The Kier molecular flexibility index (Phi) is 6.15. The number of ether oxygens (including phenoxy) is 1. The van der Waals surface area contributed by atoms with Crippen LogP contribution in [0.1, 0.15) is 18.4 Å². The van der Waals surface area contributed by atoms with Crippen LogP contribution < -0.4 is 9.46 Å². The maximum atomic E-state index is 14.7. The van der Waals surface area contributed by atoms with Gasteiger partial charge < -0.3 is 4.74 Å². The average Bonchev–Trinajstić information content (AvgIpc) is 3.28. The van der Waals surface area contributed by atoms with Crippen molar-refractivity contribution in [3.8, 4) is 17.1 Å². The smallest absolute Gasteiger partial charge is 0.267 e. The Balaban J connectivity index is 1.56. The summed E-state index contributed by atoms with van der Waals surface area (Å²) >= 11 is 0. The second-order valence-electron chi connectivity index (χ2n) is 7.34. The minimum atomic E-state index is -3.93. The van der Waals surface area contributed by atoms with Gasteiger partial charge >= 0.3 is 0 Å². The Morgan fingerprint density at radius 3 is 2.65 bits per heavy atom. The molecule has 1 aromatic carbocycles. The molecule has 7 nitrogen and oxygen atoms in total. The number of nitrogens with one attached hydrogen (secondary N) is 1. The summed E-state index contributed by atoms with van der Waals surface area (Å²) in [6, 6.07) is 11.0. The molecular formula is C22H23FN4O3S. The highest BCUT2D eigenvalue weighted by molar-refractivity contribution is 7.92. The number of hydrogen-bond donors (Lipinski definition) is 1. The van der Waals surface area contributed by atoms with Crippen molar-refractivity contribution < 1.29 is 17.5 Å². The van der Waals surface area contributed by atoms with E-state index in [1.54, 1.807) is 18.2 Å². The van der Waals surface area contributed by atoms with Crippen LogP contribution in [0.5, 0.6) is 5.88 Å². The Morgan fingerprint density at radius 1 is 1.10 bits per heavy atom. The Morgan fingerprint density at radius 2 is 1.90 bits per heavy atom. The maximum Gasteiger partial charge on any atom is 0.267 e. The fourth-order valence-corrected chi connectivity index (χ4v) is 4.78. The molecule has 0 saturated carbocycles. The molecule has 1 saturated heterocycles. The molecule has 0 aliphatic carbocycles. The third kappa shape index (κ3) is 4.83. The van der Waals surface area contributed by atoms with E-state index in [2.05, 4.69) is 19.6 Å². The third-order valence-corrected chi connectivity index (χ3v) is 6.57. The highest BCUT2D eigenvalue weighted by Gasteiger charge is 2.21. The van der Waals surface area contributed by atoms with Gasteiger partial charge in [0, 0.05) is 30.1 Å². The van der Waals surface area contributed by atoms with Crippen LogP contribution in [0.15, 0.2) is 59.8 Å². The zero-order valence-electron chi connectivity index (χ0n) is 17.1. The molecule has 4 rings (SSSR count). The van der Waals surface area contributed by atoms with Crippen LogP contribution in [-0.2, 0) is 16.6 Å². The van der Waals surface area contributed by atoms with Gasteiger partial charge in [-0.15, -0.1) is 0 Å². The molecule has 0 radical (unpaired) electrons. The van der Waals surface area contributed by atoms with Crippen molar-refractivity contribution in [2.45, 2.75) is 24.3 Å². The number of methoxy groups -OCH3 is 1. The first-order chi connectivity index (χ1) is 15.0. The fraction of sp³-hybridized carbons (Fsp3) is 0.273. The number of likely N-dealkylation sites (tertiary alicyclic amines) is 1. The quantitative estimate of drug-likeness (QED) is 0.601. The SMILES string of the molecule is COc1ncccc1S(=O)(=O)Nc1ccnc(-c2ccc(CN3CCCC3)c(F)c2)c1. The normalized spacial score (nSPS) is 14.5. The molecule has 0 spiro atoms. The number of aromatic nitrogens is 2. The topological polar surface area (TPSA) is 84.4 Å². The molecule has 0 unspecified atom stereocenters. The summed E-state index contributed by atoms with van der Waals surface area (Å²) in [4.78, 5) is 10.4. The third-order valence-electron chi connectivity index (χ3n) is 5.17. The lowest BCUT2D eigenvalue weighted by molar-refractivity contribution is 0.325. The van der Waals surface area contributed by atoms with Crippen LogP contribution in [0.2, 0.25) is 0 Å². The zero-order valence-corrected chi connectivity index (χ0v) is 17.9. The average molecular weight is 443 g/mol. The molecule has 0 atom stereocenters. The molecule has 3 heterocycles. The zero-order chi connectivity index (χ0) is 21.8. The number of halogens is 1. The number of nitrogens with zero attached hydrogens (tertiary/aromatic N) is 3. The van der Waals surface area contributed by atoms with E-state index in [0.29, 0.717) is 29.1 Å². The van der Waals surface area contributed by atoms with Crippen LogP contribution in [0, 0.1) is 5.82 Å². The van der Waals surface area contributed by atoms with Crippen LogP contribution in [0.3, 0.4) is 0 Å². The number of sulfonamides is 1. The molecule has 9 heteroatoms. The van der Waals surface area contributed by atoms with Crippen LogP contribution in [0.4, 0.5) is 10.1 Å². The number of rotatable bonds is 7. The van der Waals surface area contributed by atoms with Gasteiger partial charge in [-0.2, -0.15) is 0 Å². The lowest BCUT2D eigenvalue weighted by atomic mass is 10.1. The van der Waals surface area contributed by atoms with E-state index in [9.17, 15) is 12.8 Å². The second kappa shape index (κ2) is 8.99. The van der Waals surface area contributed by atoms with E-state index < -0.39 is 10.0 Å². The number of hydrogen-bond acceptors (Lipinski definition) is 6. The van der Waals surface area contributed by atoms with Gasteiger partial charge in [0.25, 0.3) is 10.0 Å². The molecular weight excluding hydrogens is 419 g/mol. The van der Waals surface area contributed by atoms with E-state index >= 15 is 0 Å². The van der Waals surface area contributed by atoms with Gasteiger partial charge in [0.05, 0.1) is 18.5 Å². The van der Waals surface area contributed by atoms with Crippen molar-refractivity contribution in [3.63, 3.8) is 0 Å². The number of anilines is 1. The fourth-order valence-electron chi connectivity index (χ4n) is 3.61. The highest BCUT2D eigenvalue weighted by Crippen LogP contribution is 2.27. The van der Waals surface area contributed by atoms with Crippen LogP contribution in [0.25, 0.3) is 11.3 Å². The molecule has 0 bridgehead atoms. The molecule has 1 aliphatic heterocycles. The van der Waals surface area contributed by atoms with E-state index in [1.807, 2.05) is 0 Å². The standard InChI is InChI=1S/C22H23FN4O3S/c1-30-22-21(5-4-9-25-22)31(28,29)26-18-8-10-24-20(14-18)16-6-7-17(19(23)13-16)15-27-11-2-3-12-27/h4-10,13-14H,2-3,11-12,15H2,1H3,(H,24,26). The lowest BCUT2D eigenvalue weighted by Gasteiger charge is -2.15. The van der Waals surface area contributed by atoms with E-state index in [1.165, 1.54) is 43.8 Å². The summed E-state index contributed by atoms with van der Waals surface area (Å²) < 4.78 is 47.8. The number of pyridine rings is 2. The predicted molar refractivity (Wildman–Crippen MR) is 116 cm³/mol. The summed E-state index contributed by atoms with van der Waals surface area (Å²) in [6.45, 7) is 2.58. The highest BCUT2D eigenvalue weighted by atomic mass is 32.2. The molecule has 31 heavy (non-hydrogen) atoms. The Hall–Kier alpha value is -3.04. The first-order valence-corrected chi connectivity index (χ1v) is 11.4. The summed E-state index contributed by atoms with van der Waals surface area (Å²) in [6.07, 6.45) is 5.22. The van der Waals surface area contributed by atoms with Crippen LogP contribution >= 0.6 is 0 Å². The van der Waals surface area contributed by atoms with Gasteiger partial charge in [-0.25, -0.2) is 17.8 Å². The second-order valence-corrected chi connectivity index (χ2v) is 8.99. The Labute approximate surface area is 181 Å². The molecule has 1 aliphatic rings. The molecule has 162 valence electrons. The van der Waals surface area contributed by atoms with Gasteiger partial charge in [-0.1, -0.05) is 12.1 Å². The van der Waals surface area contributed by atoms with Crippen LogP contribution in [-0.4, -0.2) is 43.5 Å². The predicted octanol–water partition coefficient (Wildman–Crippen LogP) is 3.69. The van der Waals surface area contributed by atoms with E-state index in [0.717, 1.165) is 25.9 Å². The van der Waals surface area contributed by atoms with Crippen molar-refractivity contribution in [1.29, 1.82) is 0 Å².